The van der Waals surface area contributed by atoms with Gasteiger partial charge in [0.25, 0.3) is 0 Å². The van der Waals surface area contributed by atoms with E-state index in [0.717, 1.165) is 6.54 Å². The number of hydrogen-bond donors (Lipinski definition) is 2. The number of aliphatic imine (C=N–C) groups is 1. The molecule has 0 spiro atoms. The van der Waals surface area contributed by atoms with Gasteiger partial charge in [-0.25, -0.2) is 0 Å². The van der Waals surface area contributed by atoms with Crippen LogP contribution in [0.2, 0.25) is 0 Å². The van der Waals surface area contributed by atoms with Crippen molar-refractivity contribution in [3.8, 4) is 11.5 Å². The highest BCUT2D eigenvalue weighted by Gasteiger charge is 2.29. The zero-order valence-corrected chi connectivity index (χ0v) is 19.2. The van der Waals surface area contributed by atoms with Gasteiger partial charge in [0.2, 0.25) is 0 Å². The molecule has 1 aromatic carbocycles. The summed E-state index contributed by atoms with van der Waals surface area (Å²) in [5, 5.41) is 6.43. The van der Waals surface area contributed by atoms with Crippen molar-refractivity contribution in [1.29, 1.82) is 0 Å². The van der Waals surface area contributed by atoms with Gasteiger partial charge in [0, 0.05) is 37.8 Å². The summed E-state index contributed by atoms with van der Waals surface area (Å²) in [5.41, 5.74) is 0.576. The lowest BCUT2D eigenvalue weighted by Crippen LogP contribution is -2.45. The van der Waals surface area contributed by atoms with E-state index in [9.17, 15) is 8.78 Å². The Kier molecular flexibility index (Phi) is 10.8. The second-order valence-corrected chi connectivity index (χ2v) is 6.61. The van der Waals surface area contributed by atoms with Gasteiger partial charge >= 0.3 is 6.61 Å². The van der Waals surface area contributed by atoms with Gasteiger partial charge in [-0.05, 0) is 39.8 Å². The molecular formula is C19H31F2IN4O2. The summed E-state index contributed by atoms with van der Waals surface area (Å²) in [7, 11) is 3.81. The first-order valence-corrected chi connectivity index (χ1v) is 9.32. The molecule has 1 saturated carbocycles. The van der Waals surface area contributed by atoms with Gasteiger partial charge in [-0.2, -0.15) is 8.78 Å². The molecule has 6 nitrogen and oxygen atoms in total. The van der Waals surface area contributed by atoms with Crippen molar-refractivity contribution < 1.29 is 18.3 Å². The van der Waals surface area contributed by atoms with Gasteiger partial charge in [0.1, 0.15) is 0 Å². The average molecular weight is 512 g/mol. The number of guanidine groups is 1. The maximum Gasteiger partial charge on any atom is 0.387 e. The van der Waals surface area contributed by atoms with E-state index in [-0.39, 0.29) is 36.3 Å². The number of ether oxygens (including phenoxy) is 2. The number of alkyl halides is 2. The first kappa shape index (κ1) is 24.7. The Bertz CT molecular complexity index is 630. The highest BCUT2D eigenvalue weighted by atomic mass is 127. The molecule has 9 heteroatoms. The largest absolute Gasteiger partial charge is 0.490 e. The van der Waals surface area contributed by atoms with Crippen LogP contribution in [0, 0.1) is 0 Å². The fraction of sp³-hybridized carbons (Fsp3) is 0.632. The Labute approximate surface area is 183 Å². The first-order chi connectivity index (χ1) is 13.0. The normalized spacial score (nSPS) is 15.2. The van der Waals surface area contributed by atoms with Gasteiger partial charge in [0.15, 0.2) is 17.5 Å². The second kappa shape index (κ2) is 12.3. The van der Waals surface area contributed by atoms with Crippen molar-refractivity contribution in [2.75, 3.05) is 27.2 Å². The van der Waals surface area contributed by atoms with E-state index in [1.807, 2.05) is 0 Å². The molecule has 1 atom stereocenters. The van der Waals surface area contributed by atoms with E-state index in [1.54, 1.807) is 32.2 Å². The third-order valence-electron chi connectivity index (χ3n) is 4.62. The maximum absolute atomic E-state index is 12.8. The van der Waals surface area contributed by atoms with E-state index >= 15 is 0 Å². The molecule has 1 unspecified atom stereocenters. The summed E-state index contributed by atoms with van der Waals surface area (Å²) in [6, 6.07) is 6.16. The molecule has 2 rings (SSSR count). The van der Waals surface area contributed by atoms with Crippen LogP contribution in [-0.4, -0.2) is 56.8 Å². The predicted octanol–water partition coefficient (Wildman–Crippen LogP) is 3.45. The SMILES string of the molecule is CCOc1cccc(CNC(=NC)NCC(C)N(C)C2CC2)c1OC(F)F.I. The fourth-order valence-corrected chi connectivity index (χ4v) is 2.82. The Morgan fingerprint density at radius 1 is 1.32 bits per heavy atom. The number of halogens is 3. The number of nitrogens with one attached hydrogen (secondary N) is 2. The quantitative estimate of drug-likeness (QED) is 0.286. The molecule has 1 fully saturated rings. The average Bonchev–Trinajstić information content (AvgIpc) is 3.48. The number of nitrogens with zero attached hydrogens (tertiary/aromatic N) is 2. The standard InChI is InChI=1S/C19H30F2N4O2.HI/c1-5-26-16-8-6-7-14(17(16)27-18(20)21)12-24-19(22-3)23-11-13(2)25(4)15-9-10-15;/h6-8,13,15,18H,5,9-12H2,1-4H3,(H2,22,23,24);1H. The Morgan fingerprint density at radius 2 is 2.04 bits per heavy atom. The smallest absolute Gasteiger partial charge is 0.387 e. The molecule has 1 aliphatic rings. The lowest BCUT2D eigenvalue weighted by Gasteiger charge is -2.25. The number of para-hydroxylation sites is 1. The van der Waals surface area contributed by atoms with Crippen LogP contribution in [0.1, 0.15) is 32.3 Å². The highest BCUT2D eigenvalue weighted by Crippen LogP contribution is 2.32. The summed E-state index contributed by atoms with van der Waals surface area (Å²) < 4.78 is 35.7. The minimum Gasteiger partial charge on any atom is -0.490 e. The minimum atomic E-state index is -2.92. The molecule has 0 saturated heterocycles. The zero-order valence-electron chi connectivity index (χ0n) is 16.9. The van der Waals surface area contributed by atoms with Crippen molar-refractivity contribution >= 4 is 29.9 Å². The molecule has 0 bridgehead atoms. The molecule has 0 aromatic heterocycles. The zero-order chi connectivity index (χ0) is 19.8. The molecular weight excluding hydrogens is 481 g/mol. The summed E-state index contributed by atoms with van der Waals surface area (Å²) in [6.07, 6.45) is 2.52. The molecule has 1 aliphatic carbocycles. The van der Waals surface area contributed by atoms with Gasteiger partial charge in [-0.3, -0.25) is 9.89 Å². The van der Waals surface area contributed by atoms with Gasteiger partial charge < -0.3 is 20.1 Å². The molecule has 0 aliphatic heterocycles. The van der Waals surface area contributed by atoms with Crippen molar-refractivity contribution in [3.05, 3.63) is 23.8 Å². The van der Waals surface area contributed by atoms with Crippen LogP contribution in [0.3, 0.4) is 0 Å². The molecule has 0 amide bonds. The molecule has 28 heavy (non-hydrogen) atoms. The van der Waals surface area contributed by atoms with Crippen LogP contribution < -0.4 is 20.1 Å². The topological polar surface area (TPSA) is 58.1 Å². The Balaban J connectivity index is 0.00000392. The van der Waals surface area contributed by atoms with Crippen molar-refractivity contribution in [2.24, 2.45) is 4.99 Å². The fourth-order valence-electron chi connectivity index (χ4n) is 2.82. The van der Waals surface area contributed by atoms with Gasteiger partial charge in [-0.15, -0.1) is 24.0 Å². The summed E-state index contributed by atoms with van der Waals surface area (Å²) in [5.74, 6) is 0.967. The van der Waals surface area contributed by atoms with E-state index in [2.05, 4.69) is 34.5 Å². The molecule has 1 aromatic rings. The second-order valence-electron chi connectivity index (χ2n) is 6.61. The lowest BCUT2D eigenvalue weighted by atomic mass is 10.2. The van der Waals surface area contributed by atoms with Gasteiger partial charge in [0.05, 0.1) is 6.61 Å². The third kappa shape index (κ3) is 7.57. The first-order valence-electron chi connectivity index (χ1n) is 9.32. The molecule has 2 N–H and O–H groups in total. The summed E-state index contributed by atoms with van der Waals surface area (Å²) in [4.78, 5) is 6.56. The maximum atomic E-state index is 12.8. The third-order valence-corrected chi connectivity index (χ3v) is 4.62. The van der Waals surface area contributed by atoms with Crippen molar-refractivity contribution in [1.82, 2.24) is 15.5 Å². The summed E-state index contributed by atoms with van der Waals surface area (Å²) >= 11 is 0. The Hall–Kier alpha value is -1.36. The monoisotopic (exact) mass is 512 g/mol. The van der Waals surface area contributed by atoms with E-state index in [1.165, 1.54) is 12.8 Å². The number of hydrogen-bond acceptors (Lipinski definition) is 4. The van der Waals surface area contributed by atoms with Crippen LogP contribution in [0.5, 0.6) is 11.5 Å². The van der Waals surface area contributed by atoms with E-state index in [0.29, 0.717) is 36.0 Å². The Morgan fingerprint density at radius 3 is 2.61 bits per heavy atom. The highest BCUT2D eigenvalue weighted by molar-refractivity contribution is 14.0. The van der Waals surface area contributed by atoms with E-state index in [4.69, 9.17) is 9.47 Å². The van der Waals surface area contributed by atoms with Crippen LogP contribution in [0.15, 0.2) is 23.2 Å². The lowest BCUT2D eigenvalue weighted by molar-refractivity contribution is -0.0520. The van der Waals surface area contributed by atoms with Gasteiger partial charge in [-0.1, -0.05) is 12.1 Å². The van der Waals surface area contributed by atoms with Crippen molar-refractivity contribution in [2.45, 2.75) is 51.9 Å². The van der Waals surface area contributed by atoms with Crippen LogP contribution in [-0.2, 0) is 6.54 Å². The van der Waals surface area contributed by atoms with Crippen LogP contribution >= 0.6 is 24.0 Å². The van der Waals surface area contributed by atoms with E-state index < -0.39 is 6.61 Å². The number of benzene rings is 1. The molecule has 0 radical (unpaired) electrons. The summed E-state index contributed by atoms with van der Waals surface area (Å²) in [6.45, 7) is 2.44. The van der Waals surface area contributed by atoms with Crippen molar-refractivity contribution in [3.63, 3.8) is 0 Å². The number of likely N-dealkylation sites (N-methyl/N-ethyl adjacent to an activating group) is 1. The number of rotatable bonds is 10. The van der Waals surface area contributed by atoms with Crippen LogP contribution in [0.25, 0.3) is 0 Å². The minimum absolute atomic E-state index is 0. The van der Waals surface area contributed by atoms with Crippen LogP contribution in [0.4, 0.5) is 8.78 Å². The predicted molar refractivity (Wildman–Crippen MR) is 118 cm³/mol. The molecule has 0 heterocycles. The molecule has 160 valence electrons.